The summed E-state index contributed by atoms with van der Waals surface area (Å²) in [4.78, 5) is 21.8. The number of sulfone groups is 1. The first-order valence-corrected chi connectivity index (χ1v) is 5.03. The van der Waals surface area contributed by atoms with Crippen LogP contribution in [0.1, 0.15) is 13.8 Å². The van der Waals surface area contributed by atoms with Crippen molar-refractivity contribution in [3.63, 3.8) is 0 Å². The Labute approximate surface area is 76.2 Å². The number of nitrogens with two attached hydrogens (primary N) is 2. The van der Waals surface area contributed by atoms with Gasteiger partial charge in [0.25, 0.3) is 20.1 Å². The molecule has 0 aliphatic heterocycles. The molecule has 0 aromatic carbocycles. The molecule has 2 atom stereocenters. The summed E-state index contributed by atoms with van der Waals surface area (Å²) >= 11 is 0. The van der Waals surface area contributed by atoms with Crippen LogP contribution in [0.3, 0.4) is 0 Å². The van der Waals surface area contributed by atoms with Gasteiger partial charge in [-0.1, -0.05) is 0 Å². The van der Waals surface area contributed by atoms with Crippen molar-refractivity contribution in [3.8, 4) is 0 Å². The molecule has 0 aliphatic rings. The molecule has 0 aliphatic carbocycles. The molecule has 0 heterocycles. The molecule has 2 unspecified atom stereocenters. The zero-order valence-corrected chi connectivity index (χ0v) is 8.17. The molecular weight excluding hydrogens is 196 g/mol. The predicted octanol–water partition coefficient (Wildman–Crippen LogP) is -1.85. The van der Waals surface area contributed by atoms with Crippen molar-refractivity contribution in [2.45, 2.75) is 25.9 Å². The van der Waals surface area contributed by atoms with Gasteiger partial charge < -0.3 is 11.5 Å². The van der Waals surface area contributed by atoms with Crippen LogP contribution < -0.4 is 11.5 Å². The lowest BCUT2D eigenvalue weighted by molar-refractivity contribution is -0.115. The maximum absolute atomic E-state index is 11.1. The van der Waals surface area contributed by atoms with Crippen molar-refractivity contribution in [2.24, 2.45) is 11.5 Å². The molecule has 13 heavy (non-hydrogen) atoms. The molecule has 0 spiro atoms. The Morgan fingerprint density at radius 1 is 1.00 bits per heavy atom. The average molecular weight is 208 g/mol. The predicted molar refractivity (Wildman–Crippen MR) is 46.2 cm³/mol. The molecule has 4 N–H and O–H groups in total. The molecule has 6 nitrogen and oxygen atoms in total. The van der Waals surface area contributed by atoms with Gasteiger partial charge in [0.2, 0.25) is 0 Å². The van der Waals surface area contributed by atoms with Crippen molar-refractivity contribution < 1.29 is 18.0 Å². The topological polar surface area (TPSA) is 120 Å². The Morgan fingerprint density at radius 3 is 1.38 bits per heavy atom. The van der Waals surface area contributed by atoms with Crippen molar-refractivity contribution in [1.82, 2.24) is 0 Å². The standard InChI is InChI=1S/C6H12N2O4S/c1-3(7)5(9)13(11,12)6(10)4(2)8/h3-4H,7-8H2,1-2H3. The number of hydrogen-bond acceptors (Lipinski definition) is 6. The van der Waals surface area contributed by atoms with Crippen LogP contribution in [0.2, 0.25) is 0 Å². The van der Waals surface area contributed by atoms with Gasteiger partial charge in [0.15, 0.2) is 0 Å². The van der Waals surface area contributed by atoms with Crippen LogP contribution in [0.25, 0.3) is 0 Å². The third-order valence-electron chi connectivity index (χ3n) is 1.27. The third kappa shape index (κ3) is 2.58. The molecule has 7 heteroatoms. The van der Waals surface area contributed by atoms with Crippen molar-refractivity contribution in [1.29, 1.82) is 0 Å². The lowest BCUT2D eigenvalue weighted by Gasteiger charge is -2.06. The fourth-order valence-corrected chi connectivity index (χ4v) is 1.77. The van der Waals surface area contributed by atoms with Gasteiger partial charge in [-0.15, -0.1) is 0 Å². The van der Waals surface area contributed by atoms with Crippen LogP contribution in [-0.4, -0.2) is 30.7 Å². The highest BCUT2D eigenvalue weighted by Gasteiger charge is 2.35. The first-order valence-electron chi connectivity index (χ1n) is 3.55. The summed E-state index contributed by atoms with van der Waals surface area (Å²) < 4.78 is 22.1. The zero-order chi connectivity index (χ0) is 10.8. The second-order valence-corrected chi connectivity index (χ2v) is 4.53. The van der Waals surface area contributed by atoms with Gasteiger partial charge in [-0.05, 0) is 13.8 Å². The van der Waals surface area contributed by atoms with Gasteiger partial charge in [-0.25, -0.2) is 8.42 Å². The summed E-state index contributed by atoms with van der Waals surface area (Å²) in [7, 11) is -4.47. The summed E-state index contributed by atoms with van der Waals surface area (Å²) in [6, 6.07) is -2.43. The third-order valence-corrected chi connectivity index (χ3v) is 3.08. The number of rotatable bonds is 2. The van der Waals surface area contributed by atoms with Crippen LogP contribution in [-0.2, 0) is 19.4 Å². The van der Waals surface area contributed by atoms with Crippen LogP contribution in [0, 0.1) is 0 Å². The van der Waals surface area contributed by atoms with Crippen LogP contribution in [0.4, 0.5) is 0 Å². The quantitative estimate of drug-likeness (QED) is 0.549. The summed E-state index contributed by atoms with van der Waals surface area (Å²) in [6.45, 7) is 2.38. The summed E-state index contributed by atoms with van der Waals surface area (Å²) in [5.41, 5.74) is 10.1. The summed E-state index contributed by atoms with van der Waals surface area (Å²) in [6.07, 6.45) is 0. The van der Waals surface area contributed by atoms with Crippen LogP contribution >= 0.6 is 0 Å². The van der Waals surface area contributed by atoms with Gasteiger partial charge in [-0.3, -0.25) is 9.59 Å². The minimum absolute atomic E-state index is 1.19. The lowest BCUT2D eigenvalue weighted by atomic mass is 10.4. The van der Waals surface area contributed by atoms with E-state index in [-0.39, 0.29) is 0 Å². The molecule has 0 amide bonds. The van der Waals surface area contributed by atoms with Gasteiger partial charge in [0.05, 0.1) is 12.1 Å². The lowest BCUT2D eigenvalue weighted by Crippen LogP contribution is -2.42. The molecule has 0 aromatic heterocycles. The van der Waals surface area contributed by atoms with E-state index in [0.29, 0.717) is 0 Å². The summed E-state index contributed by atoms with van der Waals surface area (Å²) in [5, 5.41) is -2.59. The Hall–Kier alpha value is -0.790. The fraction of sp³-hybridized carbons (Fsp3) is 0.667. The molecular formula is C6H12N2O4S. The Balaban J connectivity index is 5.01. The number of carbonyl (C=O) groups excluding carboxylic acids is 2. The molecule has 0 rings (SSSR count). The SMILES string of the molecule is CC(N)C(=O)S(=O)(=O)C(=O)C(C)N. The van der Waals surface area contributed by atoms with E-state index in [4.69, 9.17) is 11.5 Å². The van der Waals surface area contributed by atoms with Gasteiger partial charge >= 0.3 is 0 Å². The second-order valence-electron chi connectivity index (χ2n) is 2.72. The van der Waals surface area contributed by atoms with E-state index in [1.807, 2.05) is 0 Å². The van der Waals surface area contributed by atoms with Crippen molar-refractivity contribution in [2.75, 3.05) is 0 Å². The second kappa shape index (κ2) is 3.95. The molecule has 76 valence electrons. The van der Waals surface area contributed by atoms with Crippen LogP contribution in [0.5, 0.6) is 0 Å². The summed E-state index contributed by atoms with van der Waals surface area (Å²) in [5.74, 6) is 0. The molecule has 0 fully saturated rings. The first kappa shape index (κ1) is 12.2. The van der Waals surface area contributed by atoms with E-state index >= 15 is 0 Å². The Morgan fingerprint density at radius 2 is 1.23 bits per heavy atom. The molecule has 0 saturated heterocycles. The highest BCUT2D eigenvalue weighted by atomic mass is 32.2. The van der Waals surface area contributed by atoms with E-state index in [0.717, 1.165) is 0 Å². The molecule has 0 bridgehead atoms. The number of hydrogen-bond donors (Lipinski definition) is 2. The van der Waals surface area contributed by atoms with E-state index < -0.39 is 32.2 Å². The van der Waals surface area contributed by atoms with Gasteiger partial charge in [0.1, 0.15) is 0 Å². The average Bonchev–Trinajstić information content (AvgIpc) is 2.01. The Bertz CT molecular complexity index is 292. The Kier molecular flexibility index (Phi) is 3.71. The molecule has 0 aromatic rings. The smallest absolute Gasteiger partial charge is 0.276 e. The van der Waals surface area contributed by atoms with E-state index in [1.165, 1.54) is 13.8 Å². The zero-order valence-electron chi connectivity index (χ0n) is 7.35. The molecule has 0 radical (unpaired) electrons. The monoisotopic (exact) mass is 208 g/mol. The maximum Gasteiger partial charge on any atom is 0.276 e. The van der Waals surface area contributed by atoms with E-state index in [2.05, 4.69) is 0 Å². The first-order chi connectivity index (χ1) is 5.71. The van der Waals surface area contributed by atoms with Crippen molar-refractivity contribution >= 4 is 20.1 Å². The highest BCUT2D eigenvalue weighted by molar-refractivity contribution is 8.19. The van der Waals surface area contributed by atoms with Crippen LogP contribution in [0.15, 0.2) is 0 Å². The largest absolute Gasteiger partial charge is 0.321 e. The minimum atomic E-state index is -4.47. The molecule has 0 saturated carbocycles. The normalized spacial score (nSPS) is 16.3. The maximum atomic E-state index is 11.1. The van der Waals surface area contributed by atoms with Gasteiger partial charge in [0, 0.05) is 0 Å². The fourth-order valence-electron chi connectivity index (χ4n) is 0.589. The minimum Gasteiger partial charge on any atom is -0.321 e. The highest BCUT2D eigenvalue weighted by Crippen LogP contribution is 2.00. The van der Waals surface area contributed by atoms with Gasteiger partial charge in [-0.2, -0.15) is 0 Å². The van der Waals surface area contributed by atoms with E-state index in [9.17, 15) is 18.0 Å². The van der Waals surface area contributed by atoms with Crippen molar-refractivity contribution in [3.05, 3.63) is 0 Å². The number of carbonyl (C=O) groups is 2. The van der Waals surface area contributed by atoms with E-state index in [1.54, 1.807) is 0 Å².